The number of methoxy groups -OCH3 is 1. The number of rotatable bonds is 5. The molecule has 272 valence electrons. The van der Waals surface area contributed by atoms with E-state index in [4.69, 9.17) is 30.5 Å². The van der Waals surface area contributed by atoms with Crippen LogP contribution in [0.3, 0.4) is 0 Å². The molecule has 9 nitrogen and oxygen atoms in total. The van der Waals surface area contributed by atoms with E-state index in [1.807, 2.05) is 24.3 Å². The molecule has 2 aromatic carbocycles. The number of aryl methyl sites for hydroxylation is 1. The van der Waals surface area contributed by atoms with Crippen LogP contribution in [-0.2, 0) is 41.2 Å². The molecule has 50 heavy (non-hydrogen) atoms. The molecule has 1 N–H and O–H groups in total. The molecule has 1 spiro atoms. The zero-order valence-electron chi connectivity index (χ0n) is 30.2. The lowest BCUT2D eigenvalue weighted by molar-refractivity contribution is -0.163. The van der Waals surface area contributed by atoms with Crippen LogP contribution in [0.5, 0.6) is 5.75 Å². The van der Waals surface area contributed by atoms with Crippen molar-refractivity contribution in [2.75, 3.05) is 58.5 Å². The first-order valence-corrected chi connectivity index (χ1v) is 18.4. The molecule has 2 bridgehead atoms. The second-order valence-corrected chi connectivity index (χ2v) is 16.2. The SMILES string of the molecule is CO[C@H]1/C=C\CCN(C)C(=O)C[C@](O)(COCC(=O)OC(C)(C)C)c2ccc3c(c2)N(C[C@@H]2CC[C@H]21)C[C@@]1(CCCc2cc(Cl)ccc21)CO3. The van der Waals surface area contributed by atoms with Crippen LogP contribution in [-0.4, -0.2) is 87.2 Å². The summed E-state index contributed by atoms with van der Waals surface area (Å²) in [6.45, 7) is 7.33. The monoisotopic (exact) mass is 708 g/mol. The van der Waals surface area contributed by atoms with Gasteiger partial charge in [-0.2, -0.15) is 0 Å². The van der Waals surface area contributed by atoms with Crippen LogP contribution in [0.2, 0.25) is 5.02 Å². The van der Waals surface area contributed by atoms with Crippen molar-refractivity contribution in [3.8, 4) is 5.75 Å². The number of ether oxygens (including phenoxy) is 4. The van der Waals surface area contributed by atoms with Crippen molar-refractivity contribution in [2.45, 2.75) is 88.4 Å². The molecule has 2 heterocycles. The summed E-state index contributed by atoms with van der Waals surface area (Å²) in [6, 6.07) is 12.0. The van der Waals surface area contributed by atoms with Crippen LogP contribution >= 0.6 is 11.6 Å². The average Bonchev–Trinajstić information content (AvgIpc) is 3.19. The van der Waals surface area contributed by atoms with Crippen molar-refractivity contribution < 1.29 is 33.6 Å². The maximum absolute atomic E-state index is 13.6. The Morgan fingerprint density at radius 3 is 2.72 bits per heavy atom. The van der Waals surface area contributed by atoms with Crippen LogP contribution in [0.15, 0.2) is 48.6 Å². The topological polar surface area (TPSA) is 97.8 Å². The Balaban J connectivity index is 1.40. The van der Waals surface area contributed by atoms with Gasteiger partial charge in [-0.15, -0.1) is 0 Å². The molecule has 0 unspecified atom stereocenters. The Morgan fingerprint density at radius 1 is 1.16 bits per heavy atom. The number of carbonyl (C=O) groups is 2. The van der Waals surface area contributed by atoms with E-state index in [0.717, 1.165) is 61.7 Å². The fraction of sp³-hybridized carbons (Fsp3) is 0.600. The van der Waals surface area contributed by atoms with Gasteiger partial charge in [-0.3, -0.25) is 4.79 Å². The van der Waals surface area contributed by atoms with Crippen LogP contribution in [0.25, 0.3) is 0 Å². The van der Waals surface area contributed by atoms with E-state index in [2.05, 4.69) is 29.2 Å². The van der Waals surface area contributed by atoms with Crippen molar-refractivity contribution in [1.82, 2.24) is 4.90 Å². The number of carbonyl (C=O) groups excluding carboxylic acids is 2. The summed E-state index contributed by atoms with van der Waals surface area (Å²) in [7, 11) is 3.53. The molecule has 2 aromatic rings. The molecule has 0 radical (unpaired) electrons. The number of nitrogens with zero attached hydrogens (tertiary/aromatic N) is 2. The summed E-state index contributed by atoms with van der Waals surface area (Å²) in [5.74, 6) is 0.751. The van der Waals surface area contributed by atoms with Gasteiger partial charge in [0.05, 0.1) is 31.4 Å². The van der Waals surface area contributed by atoms with Gasteiger partial charge < -0.3 is 33.9 Å². The van der Waals surface area contributed by atoms with Gasteiger partial charge in [0.1, 0.15) is 23.6 Å². The minimum atomic E-state index is -1.71. The third kappa shape index (κ3) is 8.01. The van der Waals surface area contributed by atoms with Gasteiger partial charge in [0.2, 0.25) is 5.91 Å². The molecular formula is C40H53ClN2O7. The maximum atomic E-state index is 13.6. The molecule has 6 rings (SSSR count). The highest BCUT2D eigenvalue weighted by molar-refractivity contribution is 6.30. The van der Waals surface area contributed by atoms with E-state index in [0.29, 0.717) is 37.0 Å². The predicted octanol–water partition coefficient (Wildman–Crippen LogP) is 6.21. The van der Waals surface area contributed by atoms with Crippen LogP contribution in [0.4, 0.5) is 5.69 Å². The minimum Gasteiger partial charge on any atom is -0.490 e. The number of esters is 1. The van der Waals surface area contributed by atoms with Gasteiger partial charge in [-0.25, -0.2) is 4.79 Å². The average molecular weight is 709 g/mol. The molecule has 1 fully saturated rings. The molecule has 5 atom stereocenters. The fourth-order valence-corrected chi connectivity index (χ4v) is 8.45. The first-order valence-electron chi connectivity index (χ1n) is 18.1. The zero-order valence-corrected chi connectivity index (χ0v) is 31.0. The molecule has 10 heteroatoms. The Morgan fingerprint density at radius 2 is 1.98 bits per heavy atom. The van der Waals surface area contributed by atoms with E-state index >= 15 is 0 Å². The number of benzene rings is 2. The lowest BCUT2D eigenvalue weighted by Gasteiger charge is -2.46. The summed E-state index contributed by atoms with van der Waals surface area (Å²) < 4.78 is 24.0. The smallest absolute Gasteiger partial charge is 0.332 e. The van der Waals surface area contributed by atoms with Gasteiger partial charge in [-0.1, -0.05) is 35.9 Å². The number of hydrogen-bond acceptors (Lipinski definition) is 8. The predicted molar refractivity (Wildman–Crippen MR) is 194 cm³/mol. The summed E-state index contributed by atoms with van der Waals surface area (Å²) in [5, 5.41) is 13.1. The zero-order chi connectivity index (χ0) is 35.7. The molecule has 4 aliphatic rings. The number of fused-ring (bicyclic) bond motifs is 4. The third-order valence-electron chi connectivity index (χ3n) is 11.0. The fourth-order valence-electron chi connectivity index (χ4n) is 8.26. The van der Waals surface area contributed by atoms with Gasteiger partial charge in [-0.05, 0) is 112 Å². The summed E-state index contributed by atoms with van der Waals surface area (Å²) in [5.41, 5.74) is 1.36. The van der Waals surface area contributed by atoms with Crippen molar-refractivity contribution in [3.63, 3.8) is 0 Å². The quantitative estimate of drug-likeness (QED) is 0.290. The number of halogens is 1. The highest BCUT2D eigenvalue weighted by atomic mass is 35.5. The molecule has 0 aromatic heterocycles. The highest BCUT2D eigenvalue weighted by Crippen LogP contribution is 2.47. The maximum Gasteiger partial charge on any atom is 0.332 e. The van der Waals surface area contributed by atoms with E-state index < -0.39 is 17.2 Å². The van der Waals surface area contributed by atoms with Crippen molar-refractivity contribution >= 4 is 29.2 Å². The van der Waals surface area contributed by atoms with Crippen LogP contribution in [0.1, 0.15) is 76.0 Å². The van der Waals surface area contributed by atoms with E-state index in [-0.39, 0.29) is 37.1 Å². The summed E-state index contributed by atoms with van der Waals surface area (Å²) in [4.78, 5) is 30.3. The van der Waals surface area contributed by atoms with Crippen LogP contribution in [0, 0.1) is 11.8 Å². The Labute approximate surface area is 301 Å². The lowest BCUT2D eigenvalue weighted by atomic mass is 9.68. The second-order valence-electron chi connectivity index (χ2n) is 15.8. The van der Waals surface area contributed by atoms with Crippen LogP contribution < -0.4 is 9.64 Å². The third-order valence-corrected chi connectivity index (χ3v) is 11.2. The Hall–Kier alpha value is -3.11. The lowest BCUT2D eigenvalue weighted by Crippen LogP contribution is -2.49. The standard InChI is InChI=1S/C40H53ClN2O7/c1-38(2,3)50-37(45)23-48-26-40(46)21-36(44)42(4)18-7-6-10-34(47-5)31-14-11-28(31)22-43-24-39(25-49-35-16-12-29(40)20-33(35)43)17-8-9-27-19-30(41)13-15-32(27)39/h6,10,12-13,15-16,19-20,28,31,34,46H,7-9,11,14,17-18,21-26H2,1-5H3/b10-6-/t28-,31+,34-,39-,40-/m0/s1. The first-order chi connectivity index (χ1) is 23.8. The molecular weight excluding hydrogens is 656 g/mol. The van der Waals surface area contributed by atoms with Gasteiger partial charge in [0.25, 0.3) is 0 Å². The second kappa shape index (κ2) is 14.9. The Bertz CT molecular complexity index is 1590. The van der Waals surface area contributed by atoms with Gasteiger partial charge >= 0.3 is 5.97 Å². The minimum absolute atomic E-state index is 0.00424. The number of aliphatic hydroxyl groups is 1. The van der Waals surface area contributed by atoms with Crippen molar-refractivity contribution in [1.29, 1.82) is 0 Å². The summed E-state index contributed by atoms with van der Waals surface area (Å²) in [6.07, 6.45) is 9.91. The molecule has 2 aliphatic heterocycles. The number of anilines is 1. The molecule has 1 amide bonds. The van der Waals surface area contributed by atoms with Crippen molar-refractivity contribution in [3.05, 3.63) is 70.3 Å². The van der Waals surface area contributed by atoms with E-state index in [1.165, 1.54) is 11.1 Å². The Kier molecular flexibility index (Phi) is 10.9. The molecule has 1 saturated carbocycles. The summed E-state index contributed by atoms with van der Waals surface area (Å²) >= 11 is 6.47. The largest absolute Gasteiger partial charge is 0.490 e. The van der Waals surface area contributed by atoms with E-state index in [9.17, 15) is 14.7 Å². The first kappa shape index (κ1) is 36.7. The molecule has 0 saturated heterocycles. The van der Waals surface area contributed by atoms with Crippen molar-refractivity contribution in [2.24, 2.45) is 11.8 Å². The normalized spacial score (nSPS) is 29.3. The van der Waals surface area contributed by atoms with Gasteiger partial charge in [0.15, 0.2) is 0 Å². The number of amides is 1. The highest BCUT2D eigenvalue weighted by Gasteiger charge is 2.45. The van der Waals surface area contributed by atoms with E-state index in [1.54, 1.807) is 39.8 Å². The number of hydrogen-bond donors (Lipinski definition) is 1. The van der Waals surface area contributed by atoms with Gasteiger partial charge in [0, 0.05) is 44.2 Å². The molecule has 2 aliphatic carbocycles.